The fourth-order valence-corrected chi connectivity index (χ4v) is 2.32. The van der Waals surface area contributed by atoms with Gasteiger partial charge in [0.15, 0.2) is 0 Å². The summed E-state index contributed by atoms with van der Waals surface area (Å²) in [7, 11) is 0. The van der Waals surface area contributed by atoms with Gasteiger partial charge in [0, 0.05) is 29.1 Å². The number of anilines is 1. The van der Waals surface area contributed by atoms with E-state index >= 15 is 0 Å². The van der Waals surface area contributed by atoms with E-state index in [1.54, 1.807) is 6.07 Å². The summed E-state index contributed by atoms with van der Waals surface area (Å²) in [6.45, 7) is 7.94. The van der Waals surface area contributed by atoms with Crippen molar-refractivity contribution >= 4 is 28.8 Å². The van der Waals surface area contributed by atoms with Crippen molar-refractivity contribution in [2.45, 2.75) is 39.7 Å². The van der Waals surface area contributed by atoms with Crippen LogP contribution >= 0.6 is 11.3 Å². The summed E-state index contributed by atoms with van der Waals surface area (Å²) in [5, 5.41) is 5.55. The number of aryl methyl sites for hydroxylation is 1. The second kappa shape index (κ2) is 6.06. The minimum atomic E-state index is -0.250. The fraction of sp³-hybridized carbons (Fsp3) is 0.538. The van der Waals surface area contributed by atoms with Gasteiger partial charge in [0.2, 0.25) is 5.91 Å². The Morgan fingerprint density at radius 2 is 2.00 bits per heavy atom. The summed E-state index contributed by atoms with van der Waals surface area (Å²) in [6.07, 6.45) is 0.267. The van der Waals surface area contributed by atoms with Crippen molar-refractivity contribution in [3.05, 3.63) is 15.8 Å². The zero-order valence-electron chi connectivity index (χ0n) is 11.8. The van der Waals surface area contributed by atoms with Crippen LogP contribution in [0.5, 0.6) is 0 Å². The SMILES string of the molecule is Cc1sc(C(=O)NCCC(=O)NC(C)(C)C)cc1N. The molecule has 1 heterocycles. The average molecular weight is 283 g/mol. The molecule has 0 aromatic carbocycles. The third-order valence-corrected chi connectivity index (χ3v) is 3.40. The lowest BCUT2D eigenvalue weighted by atomic mass is 10.1. The number of amides is 2. The highest BCUT2D eigenvalue weighted by atomic mass is 32.1. The van der Waals surface area contributed by atoms with Gasteiger partial charge < -0.3 is 16.4 Å². The molecular formula is C13H21N3O2S. The molecule has 0 spiro atoms. The van der Waals surface area contributed by atoms with E-state index in [9.17, 15) is 9.59 Å². The number of rotatable bonds is 4. The van der Waals surface area contributed by atoms with E-state index in [2.05, 4.69) is 10.6 Å². The first-order valence-corrected chi connectivity index (χ1v) is 6.96. The monoisotopic (exact) mass is 283 g/mol. The number of nitrogens with two attached hydrogens (primary N) is 1. The van der Waals surface area contributed by atoms with E-state index in [1.165, 1.54) is 11.3 Å². The van der Waals surface area contributed by atoms with E-state index in [-0.39, 0.29) is 23.8 Å². The van der Waals surface area contributed by atoms with Gasteiger partial charge >= 0.3 is 0 Å². The lowest BCUT2D eigenvalue weighted by molar-refractivity contribution is -0.122. The van der Waals surface area contributed by atoms with Gasteiger partial charge in [0.1, 0.15) is 0 Å². The number of nitrogens with one attached hydrogen (secondary N) is 2. The first-order chi connectivity index (χ1) is 8.69. The molecule has 0 atom stereocenters. The second-order valence-electron chi connectivity index (χ2n) is 5.43. The number of carbonyl (C=O) groups is 2. The van der Waals surface area contributed by atoms with Crippen LogP contribution in [-0.4, -0.2) is 23.9 Å². The van der Waals surface area contributed by atoms with Gasteiger partial charge in [0.25, 0.3) is 5.91 Å². The molecule has 0 bridgehead atoms. The van der Waals surface area contributed by atoms with Crippen LogP contribution in [0.4, 0.5) is 5.69 Å². The molecule has 106 valence electrons. The summed E-state index contributed by atoms with van der Waals surface area (Å²) in [5.41, 5.74) is 6.07. The van der Waals surface area contributed by atoms with E-state index in [0.29, 0.717) is 17.1 Å². The first-order valence-electron chi connectivity index (χ1n) is 6.14. The molecule has 2 amide bonds. The molecule has 0 saturated carbocycles. The Balaban J connectivity index is 2.37. The summed E-state index contributed by atoms with van der Waals surface area (Å²) in [4.78, 5) is 24.8. The smallest absolute Gasteiger partial charge is 0.261 e. The molecule has 1 aromatic rings. The summed E-state index contributed by atoms with van der Waals surface area (Å²) < 4.78 is 0. The molecule has 1 rings (SSSR count). The third-order valence-electron chi connectivity index (χ3n) is 2.33. The minimum Gasteiger partial charge on any atom is -0.398 e. The van der Waals surface area contributed by atoms with Gasteiger partial charge in [-0.05, 0) is 33.8 Å². The van der Waals surface area contributed by atoms with Crippen LogP contribution in [0.2, 0.25) is 0 Å². The maximum absolute atomic E-state index is 11.8. The van der Waals surface area contributed by atoms with Crippen LogP contribution in [0.25, 0.3) is 0 Å². The van der Waals surface area contributed by atoms with Crippen LogP contribution in [0.3, 0.4) is 0 Å². The predicted octanol–water partition coefficient (Wildman–Crippen LogP) is 1.67. The highest BCUT2D eigenvalue weighted by Gasteiger charge is 2.14. The van der Waals surface area contributed by atoms with Crippen molar-refractivity contribution < 1.29 is 9.59 Å². The quantitative estimate of drug-likeness (QED) is 0.786. The summed E-state index contributed by atoms with van der Waals surface area (Å²) in [5.74, 6) is -0.261. The lowest BCUT2D eigenvalue weighted by Crippen LogP contribution is -2.41. The minimum absolute atomic E-state index is 0.0744. The van der Waals surface area contributed by atoms with Gasteiger partial charge in [-0.15, -0.1) is 11.3 Å². The van der Waals surface area contributed by atoms with E-state index in [1.807, 2.05) is 27.7 Å². The van der Waals surface area contributed by atoms with Crippen molar-refractivity contribution in [2.75, 3.05) is 12.3 Å². The molecule has 6 heteroatoms. The molecule has 19 heavy (non-hydrogen) atoms. The molecule has 0 radical (unpaired) electrons. The molecule has 0 fully saturated rings. The van der Waals surface area contributed by atoms with Gasteiger partial charge in [-0.1, -0.05) is 0 Å². The molecule has 5 nitrogen and oxygen atoms in total. The van der Waals surface area contributed by atoms with Gasteiger partial charge in [-0.25, -0.2) is 0 Å². The van der Waals surface area contributed by atoms with Crippen LogP contribution in [0.15, 0.2) is 6.07 Å². The van der Waals surface area contributed by atoms with Crippen LogP contribution in [0, 0.1) is 6.92 Å². The summed E-state index contributed by atoms with van der Waals surface area (Å²) >= 11 is 1.35. The first kappa shape index (κ1) is 15.5. The molecule has 0 aliphatic rings. The zero-order chi connectivity index (χ0) is 14.6. The Morgan fingerprint density at radius 1 is 1.37 bits per heavy atom. The van der Waals surface area contributed by atoms with E-state index in [0.717, 1.165) is 4.88 Å². The number of thiophene rings is 1. The summed E-state index contributed by atoms with van der Waals surface area (Å²) in [6, 6.07) is 1.66. The largest absolute Gasteiger partial charge is 0.398 e. The Kier molecular flexibility index (Phi) is 4.94. The Bertz CT molecular complexity index is 455. The average Bonchev–Trinajstić information content (AvgIpc) is 2.56. The zero-order valence-corrected chi connectivity index (χ0v) is 12.6. The standard InChI is InChI=1S/C13H21N3O2S/c1-8-9(14)7-10(19-8)12(18)15-6-5-11(17)16-13(2,3)4/h7H,5-6,14H2,1-4H3,(H,15,18)(H,16,17). The predicted molar refractivity (Wildman–Crippen MR) is 78.3 cm³/mol. The van der Waals surface area contributed by atoms with Gasteiger partial charge in [-0.3, -0.25) is 9.59 Å². The van der Waals surface area contributed by atoms with Crippen molar-refractivity contribution in [3.8, 4) is 0 Å². The molecule has 0 aliphatic carbocycles. The molecule has 0 unspecified atom stereocenters. The molecule has 0 aliphatic heterocycles. The van der Waals surface area contributed by atoms with Crippen molar-refractivity contribution in [1.29, 1.82) is 0 Å². The van der Waals surface area contributed by atoms with E-state index in [4.69, 9.17) is 5.73 Å². The third kappa shape index (κ3) is 5.30. The molecule has 4 N–H and O–H groups in total. The van der Waals surface area contributed by atoms with Crippen molar-refractivity contribution in [2.24, 2.45) is 0 Å². The van der Waals surface area contributed by atoms with Gasteiger partial charge in [0.05, 0.1) is 4.88 Å². The number of nitrogen functional groups attached to an aromatic ring is 1. The van der Waals surface area contributed by atoms with Crippen LogP contribution in [-0.2, 0) is 4.79 Å². The molecular weight excluding hydrogens is 262 g/mol. The Labute approximate surface area is 117 Å². The number of hydrogen-bond donors (Lipinski definition) is 3. The van der Waals surface area contributed by atoms with Gasteiger partial charge in [-0.2, -0.15) is 0 Å². The number of hydrogen-bond acceptors (Lipinski definition) is 4. The molecule has 1 aromatic heterocycles. The maximum Gasteiger partial charge on any atom is 0.261 e. The van der Waals surface area contributed by atoms with Crippen LogP contribution in [0.1, 0.15) is 41.7 Å². The molecule has 0 saturated heterocycles. The fourth-order valence-electron chi connectivity index (χ4n) is 1.47. The Hall–Kier alpha value is -1.56. The van der Waals surface area contributed by atoms with Crippen LogP contribution < -0.4 is 16.4 Å². The topological polar surface area (TPSA) is 84.2 Å². The lowest BCUT2D eigenvalue weighted by Gasteiger charge is -2.20. The van der Waals surface area contributed by atoms with Crippen molar-refractivity contribution in [1.82, 2.24) is 10.6 Å². The normalized spacial score (nSPS) is 11.2. The highest BCUT2D eigenvalue weighted by molar-refractivity contribution is 7.14. The highest BCUT2D eigenvalue weighted by Crippen LogP contribution is 2.22. The maximum atomic E-state index is 11.8. The van der Waals surface area contributed by atoms with E-state index < -0.39 is 0 Å². The number of carbonyl (C=O) groups excluding carboxylic acids is 2. The Morgan fingerprint density at radius 3 is 2.47 bits per heavy atom. The second-order valence-corrected chi connectivity index (χ2v) is 6.68. The van der Waals surface area contributed by atoms with Crippen molar-refractivity contribution in [3.63, 3.8) is 0 Å².